The highest BCUT2D eigenvalue weighted by Crippen LogP contribution is 2.25. The Balaban J connectivity index is 1.96. The Labute approximate surface area is 133 Å². The van der Waals surface area contributed by atoms with Gasteiger partial charge >= 0.3 is 6.09 Å². The average molecular weight is 318 g/mol. The van der Waals surface area contributed by atoms with Crippen molar-refractivity contribution in [2.75, 3.05) is 0 Å². The molecule has 22 heavy (non-hydrogen) atoms. The molecule has 6 heteroatoms. The zero-order chi connectivity index (χ0) is 16.2. The molecule has 0 unspecified atom stereocenters. The number of amides is 1. The summed E-state index contributed by atoms with van der Waals surface area (Å²) >= 11 is 1.49. The summed E-state index contributed by atoms with van der Waals surface area (Å²) in [6.07, 6.45) is 2.09. The van der Waals surface area contributed by atoms with Gasteiger partial charge in [-0.05, 0) is 20.8 Å². The van der Waals surface area contributed by atoms with E-state index < -0.39 is 11.7 Å². The van der Waals surface area contributed by atoms with Gasteiger partial charge in [0.05, 0.1) is 6.54 Å². The highest BCUT2D eigenvalue weighted by Gasteiger charge is 2.16. The van der Waals surface area contributed by atoms with Gasteiger partial charge in [-0.15, -0.1) is 11.3 Å². The largest absolute Gasteiger partial charge is 0.444 e. The van der Waals surface area contributed by atoms with Gasteiger partial charge in [-0.1, -0.05) is 24.3 Å². The van der Waals surface area contributed by atoms with Crippen LogP contribution < -0.4 is 5.32 Å². The fraction of sp³-hybridized carbons (Fsp3) is 0.312. The number of ether oxygens (including phenoxy) is 1. The number of carbonyl (C=O) groups is 2. The summed E-state index contributed by atoms with van der Waals surface area (Å²) in [5.74, 6) is 0. The lowest BCUT2D eigenvalue weighted by Crippen LogP contribution is -2.31. The fourth-order valence-corrected chi connectivity index (χ4v) is 2.56. The minimum Gasteiger partial charge on any atom is -0.444 e. The SMILES string of the molecule is CC(C)(C)OC(=O)NCc1cnc(-c2ccc(C=O)cc2)s1. The van der Waals surface area contributed by atoms with Crippen molar-refractivity contribution in [2.24, 2.45) is 0 Å². The van der Waals surface area contributed by atoms with Gasteiger partial charge in [0.1, 0.15) is 16.9 Å². The average Bonchev–Trinajstić information content (AvgIpc) is 2.92. The first kappa shape index (κ1) is 16.2. The molecule has 2 rings (SSSR count). The highest BCUT2D eigenvalue weighted by molar-refractivity contribution is 7.15. The van der Waals surface area contributed by atoms with Crippen molar-refractivity contribution < 1.29 is 14.3 Å². The van der Waals surface area contributed by atoms with Gasteiger partial charge in [0.15, 0.2) is 0 Å². The molecule has 1 heterocycles. The van der Waals surface area contributed by atoms with Crippen LogP contribution >= 0.6 is 11.3 Å². The fourth-order valence-electron chi connectivity index (χ4n) is 1.70. The summed E-state index contributed by atoms with van der Waals surface area (Å²) in [6, 6.07) is 7.21. The van der Waals surface area contributed by atoms with Crippen LogP contribution in [0.4, 0.5) is 4.79 Å². The van der Waals surface area contributed by atoms with E-state index in [1.807, 2.05) is 32.9 Å². The zero-order valence-corrected chi connectivity index (χ0v) is 13.6. The van der Waals surface area contributed by atoms with E-state index in [0.717, 1.165) is 21.7 Å². The molecule has 1 N–H and O–H groups in total. The lowest BCUT2D eigenvalue weighted by Gasteiger charge is -2.19. The van der Waals surface area contributed by atoms with Crippen LogP contribution in [0.1, 0.15) is 36.0 Å². The molecule has 0 radical (unpaired) electrons. The van der Waals surface area contributed by atoms with Crippen LogP contribution in [-0.4, -0.2) is 23.0 Å². The van der Waals surface area contributed by atoms with E-state index in [1.54, 1.807) is 18.3 Å². The summed E-state index contributed by atoms with van der Waals surface area (Å²) in [7, 11) is 0. The van der Waals surface area contributed by atoms with E-state index in [4.69, 9.17) is 4.74 Å². The zero-order valence-electron chi connectivity index (χ0n) is 12.8. The molecule has 0 aliphatic carbocycles. The van der Waals surface area contributed by atoms with Crippen LogP contribution in [0.25, 0.3) is 10.6 Å². The maximum Gasteiger partial charge on any atom is 0.407 e. The number of aldehydes is 1. The minimum absolute atomic E-state index is 0.374. The molecule has 1 amide bonds. The Morgan fingerprint density at radius 1 is 1.32 bits per heavy atom. The predicted octanol–water partition coefficient (Wildman–Crippen LogP) is 3.65. The summed E-state index contributed by atoms with van der Waals surface area (Å²) in [5.41, 5.74) is 1.06. The maximum atomic E-state index is 11.6. The molecule has 0 aliphatic rings. The third-order valence-electron chi connectivity index (χ3n) is 2.65. The van der Waals surface area contributed by atoms with Crippen molar-refractivity contribution in [3.05, 3.63) is 40.9 Å². The lowest BCUT2D eigenvalue weighted by molar-refractivity contribution is 0.0524. The van der Waals surface area contributed by atoms with Gasteiger partial charge < -0.3 is 10.1 Å². The molecule has 2 aromatic rings. The second kappa shape index (κ2) is 6.70. The number of hydrogen-bond acceptors (Lipinski definition) is 5. The summed E-state index contributed by atoms with van der Waals surface area (Å²) < 4.78 is 5.18. The Bertz CT molecular complexity index is 657. The molecule has 1 aromatic heterocycles. The number of benzene rings is 1. The van der Waals surface area contributed by atoms with Gasteiger partial charge in [-0.2, -0.15) is 0 Å². The van der Waals surface area contributed by atoms with E-state index in [9.17, 15) is 9.59 Å². The van der Waals surface area contributed by atoms with E-state index in [1.165, 1.54) is 11.3 Å². The number of aromatic nitrogens is 1. The first-order chi connectivity index (χ1) is 10.4. The highest BCUT2D eigenvalue weighted by atomic mass is 32.1. The molecule has 0 atom stereocenters. The van der Waals surface area contributed by atoms with Gasteiger partial charge in [0, 0.05) is 22.2 Å². The molecule has 0 bridgehead atoms. The van der Waals surface area contributed by atoms with Crippen molar-refractivity contribution in [2.45, 2.75) is 32.9 Å². The number of nitrogens with one attached hydrogen (secondary N) is 1. The third kappa shape index (κ3) is 4.66. The first-order valence-corrected chi connectivity index (χ1v) is 7.66. The minimum atomic E-state index is -0.511. The topological polar surface area (TPSA) is 68.3 Å². The summed E-state index contributed by atoms with van der Waals surface area (Å²) in [5, 5.41) is 3.55. The second-order valence-electron chi connectivity index (χ2n) is 5.73. The van der Waals surface area contributed by atoms with E-state index in [2.05, 4.69) is 10.3 Å². The van der Waals surface area contributed by atoms with Gasteiger partial charge in [0.25, 0.3) is 0 Å². The van der Waals surface area contributed by atoms with Crippen molar-refractivity contribution >= 4 is 23.7 Å². The molecule has 0 fully saturated rings. The third-order valence-corrected chi connectivity index (χ3v) is 3.70. The summed E-state index contributed by atoms with van der Waals surface area (Å²) in [6.45, 7) is 5.83. The van der Waals surface area contributed by atoms with Crippen LogP contribution in [0.2, 0.25) is 0 Å². The Morgan fingerprint density at radius 2 is 2.00 bits per heavy atom. The number of carbonyl (C=O) groups excluding carboxylic acids is 2. The number of thiazole rings is 1. The summed E-state index contributed by atoms with van der Waals surface area (Å²) in [4.78, 5) is 27.5. The van der Waals surface area contributed by atoms with Crippen molar-refractivity contribution in [3.63, 3.8) is 0 Å². The van der Waals surface area contributed by atoms with E-state index in [-0.39, 0.29) is 0 Å². The van der Waals surface area contributed by atoms with Crippen molar-refractivity contribution in [3.8, 4) is 10.6 Å². The molecule has 0 saturated carbocycles. The van der Waals surface area contributed by atoms with Crippen LogP contribution in [0, 0.1) is 0 Å². The lowest BCUT2D eigenvalue weighted by atomic mass is 10.1. The molecule has 116 valence electrons. The van der Waals surface area contributed by atoms with Gasteiger partial charge in [0.2, 0.25) is 0 Å². The van der Waals surface area contributed by atoms with E-state index in [0.29, 0.717) is 12.1 Å². The molecule has 0 aliphatic heterocycles. The number of alkyl carbamates (subject to hydrolysis) is 1. The Morgan fingerprint density at radius 3 is 2.59 bits per heavy atom. The predicted molar refractivity (Wildman–Crippen MR) is 86.0 cm³/mol. The monoisotopic (exact) mass is 318 g/mol. The quantitative estimate of drug-likeness (QED) is 0.874. The molecule has 1 aromatic carbocycles. The Kier molecular flexibility index (Phi) is 4.92. The van der Waals surface area contributed by atoms with Crippen LogP contribution in [-0.2, 0) is 11.3 Å². The second-order valence-corrected chi connectivity index (χ2v) is 6.84. The van der Waals surface area contributed by atoms with Crippen molar-refractivity contribution in [1.82, 2.24) is 10.3 Å². The van der Waals surface area contributed by atoms with E-state index >= 15 is 0 Å². The molecular weight excluding hydrogens is 300 g/mol. The Hall–Kier alpha value is -2.21. The van der Waals surface area contributed by atoms with Gasteiger partial charge in [-0.3, -0.25) is 4.79 Å². The van der Waals surface area contributed by atoms with Crippen LogP contribution in [0.15, 0.2) is 30.5 Å². The van der Waals surface area contributed by atoms with Gasteiger partial charge in [-0.25, -0.2) is 9.78 Å². The molecule has 5 nitrogen and oxygen atoms in total. The van der Waals surface area contributed by atoms with Crippen molar-refractivity contribution in [1.29, 1.82) is 0 Å². The van der Waals surface area contributed by atoms with Crippen LogP contribution in [0.5, 0.6) is 0 Å². The molecular formula is C16H18N2O3S. The normalized spacial score (nSPS) is 11.0. The number of hydrogen-bond donors (Lipinski definition) is 1. The maximum absolute atomic E-state index is 11.6. The molecule has 0 saturated heterocycles. The van der Waals surface area contributed by atoms with Crippen LogP contribution in [0.3, 0.4) is 0 Å². The number of rotatable bonds is 4. The standard InChI is InChI=1S/C16H18N2O3S/c1-16(2,3)21-15(20)18-9-13-8-17-14(22-13)12-6-4-11(10-19)5-7-12/h4-8,10H,9H2,1-3H3,(H,18,20). The molecule has 0 spiro atoms. The smallest absolute Gasteiger partial charge is 0.407 e. The first-order valence-electron chi connectivity index (χ1n) is 6.84. The number of nitrogens with zero attached hydrogens (tertiary/aromatic N) is 1.